The van der Waals surface area contributed by atoms with Gasteiger partial charge in [0.25, 0.3) is 10.0 Å². The Balaban J connectivity index is 2.12. The second kappa shape index (κ2) is 4.58. The van der Waals surface area contributed by atoms with E-state index in [9.17, 15) is 8.42 Å². The van der Waals surface area contributed by atoms with E-state index in [-0.39, 0.29) is 14.7 Å². The van der Waals surface area contributed by atoms with E-state index < -0.39 is 10.0 Å². The number of thioether (sulfide) groups is 1. The number of rotatable bonds is 3. The van der Waals surface area contributed by atoms with Crippen molar-refractivity contribution in [2.75, 3.05) is 11.5 Å². The van der Waals surface area contributed by atoms with Gasteiger partial charge in [-0.3, -0.25) is 0 Å². The number of halogens is 1. The summed E-state index contributed by atoms with van der Waals surface area (Å²) in [6.07, 6.45) is 2.17. The van der Waals surface area contributed by atoms with Crippen LogP contribution in [0.3, 0.4) is 0 Å². The van der Waals surface area contributed by atoms with E-state index in [2.05, 4.69) is 9.71 Å². The topological polar surface area (TPSA) is 59.1 Å². The molecule has 1 atom stereocenters. The van der Waals surface area contributed by atoms with Crippen molar-refractivity contribution in [1.82, 2.24) is 9.71 Å². The lowest BCUT2D eigenvalue weighted by Gasteiger charge is -2.09. The van der Waals surface area contributed by atoms with Gasteiger partial charge in [-0.05, 0) is 12.2 Å². The van der Waals surface area contributed by atoms with Crippen LogP contribution < -0.4 is 4.72 Å². The Morgan fingerprint density at radius 1 is 1.60 bits per heavy atom. The van der Waals surface area contributed by atoms with Crippen LogP contribution in [0.4, 0.5) is 0 Å². The number of hydrogen-bond acceptors (Lipinski definition) is 5. The Kier molecular flexibility index (Phi) is 3.56. The van der Waals surface area contributed by atoms with Crippen LogP contribution in [0.5, 0.6) is 0 Å². The molecule has 0 radical (unpaired) electrons. The molecule has 0 amide bonds. The molecule has 4 nitrogen and oxygen atoms in total. The van der Waals surface area contributed by atoms with Gasteiger partial charge in [0.15, 0.2) is 8.68 Å². The molecular weight excluding hydrogens is 276 g/mol. The Morgan fingerprint density at radius 2 is 2.40 bits per heavy atom. The summed E-state index contributed by atoms with van der Waals surface area (Å²) >= 11 is 8.33. The van der Waals surface area contributed by atoms with Gasteiger partial charge in [-0.1, -0.05) is 22.9 Å². The van der Waals surface area contributed by atoms with Gasteiger partial charge in [-0.2, -0.15) is 11.8 Å². The maximum atomic E-state index is 11.8. The van der Waals surface area contributed by atoms with Crippen LogP contribution in [-0.4, -0.2) is 30.9 Å². The third-order valence-corrected chi connectivity index (χ3v) is 6.23. The summed E-state index contributed by atoms with van der Waals surface area (Å²) in [5.41, 5.74) is 0. The molecular formula is C7H9ClN2O2S3. The molecule has 0 aliphatic carbocycles. The van der Waals surface area contributed by atoms with Crippen LogP contribution in [0.15, 0.2) is 10.4 Å². The van der Waals surface area contributed by atoms with E-state index in [0.717, 1.165) is 29.3 Å². The number of thiazole rings is 1. The molecule has 1 fully saturated rings. The number of nitrogens with one attached hydrogen (secondary N) is 1. The highest BCUT2D eigenvalue weighted by atomic mass is 35.5. The smallest absolute Gasteiger partial charge is 0.232 e. The largest absolute Gasteiger partial charge is 0.251 e. The minimum Gasteiger partial charge on any atom is -0.232 e. The second-order valence-electron chi connectivity index (χ2n) is 3.11. The summed E-state index contributed by atoms with van der Waals surface area (Å²) in [4.78, 5) is 3.72. The van der Waals surface area contributed by atoms with Crippen molar-refractivity contribution in [3.63, 3.8) is 0 Å². The maximum Gasteiger partial charge on any atom is 0.251 e. The first-order chi connectivity index (χ1) is 7.08. The van der Waals surface area contributed by atoms with E-state index in [4.69, 9.17) is 11.6 Å². The SMILES string of the molecule is O=S(=O)(NC1CCSC1)c1cnc(Cl)s1. The zero-order chi connectivity index (χ0) is 10.9. The highest BCUT2D eigenvalue weighted by molar-refractivity contribution is 7.99. The van der Waals surface area contributed by atoms with Gasteiger partial charge in [0.2, 0.25) is 0 Å². The van der Waals surface area contributed by atoms with Gasteiger partial charge >= 0.3 is 0 Å². The van der Waals surface area contributed by atoms with Crippen LogP contribution in [-0.2, 0) is 10.0 Å². The molecule has 0 aromatic carbocycles. The van der Waals surface area contributed by atoms with Crippen LogP contribution in [0.25, 0.3) is 0 Å². The highest BCUT2D eigenvalue weighted by Gasteiger charge is 2.24. The Bertz CT molecular complexity index is 439. The highest BCUT2D eigenvalue weighted by Crippen LogP contribution is 2.24. The molecule has 1 aliphatic heterocycles. The molecule has 1 aliphatic rings. The van der Waals surface area contributed by atoms with Crippen molar-refractivity contribution in [1.29, 1.82) is 0 Å². The predicted molar refractivity (Wildman–Crippen MR) is 63.2 cm³/mol. The van der Waals surface area contributed by atoms with Crippen molar-refractivity contribution in [3.05, 3.63) is 10.7 Å². The minimum absolute atomic E-state index is 0.0425. The fourth-order valence-corrected chi connectivity index (χ4v) is 5.11. The molecule has 84 valence electrons. The molecule has 2 heterocycles. The summed E-state index contributed by atoms with van der Waals surface area (Å²) < 4.78 is 26.7. The van der Waals surface area contributed by atoms with Gasteiger partial charge in [0, 0.05) is 11.8 Å². The third-order valence-electron chi connectivity index (χ3n) is 1.97. The van der Waals surface area contributed by atoms with Crippen LogP contribution in [0, 0.1) is 0 Å². The van der Waals surface area contributed by atoms with Gasteiger partial charge < -0.3 is 0 Å². The van der Waals surface area contributed by atoms with E-state index in [1.54, 1.807) is 11.8 Å². The molecule has 8 heteroatoms. The number of sulfonamides is 1. The summed E-state index contributed by atoms with van der Waals surface area (Å²) in [5, 5.41) is 0. The first kappa shape index (κ1) is 11.7. The Hall–Kier alpha value is 0.180. The van der Waals surface area contributed by atoms with Crippen molar-refractivity contribution in [2.24, 2.45) is 0 Å². The number of nitrogens with zero attached hydrogens (tertiary/aromatic N) is 1. The third kappa shape index (κ3) is 2.85. The summed E-state index contributed by atoms with van der Waals surface area (Å²) in [7, 11) is -3.41. The fraction of sp³-hybridized carbons (Fsp3) is 0.571. The summed E-state index contributed by atoms with van der Waals surface area (Å²) in [6, 6.07) is 0.0425. The monoisotopic (exact) mass is 284 g/mol. The van der Waals surface area contributed by atoms with Crippen LogP contribution in [0.1, 0.15) is 6.42 Å². The zero-order valence-corrected chi connectivity index (χ0v) is 10.8. The lowest BCUT2D eigenvalue weighted by molar-refractivity contribution is 0.565. The normalized spacial score (nSPS) is 22.1. The van der Waals surface area contributed by atoms with Crippen molar-refractivity contribution in [3.8, 4) is 0 Å². The van der Waals surface area contributed by atoms with Gasteiger partial charge in [0.05, 0.1) is 6.20 Å². The molecule has 1 saturated heterocycles. The van der Waals surface area contributed by atoms with E-state index in [1.165, 1.54) is 6.20 Å². The second-order valence-corrected chi connectivity index (χ2v) is 7.82. The van der Waals surface area contributed by atoms with Crippen molar-refractivity contribution in [2.45, 2.75) is 16.7 Å². The Morgan fingerprint density at radius 3 is 2.93 bits per heavy atom. The molecule has 1 N–H and O–H groups in total. The van der Waals surface area contributed by atoms with Crippen LogP contribution in [0.2, 0.25) is 4.47 Å². The lowest BCUT2D eigenvalue weighted by atomic mass is 10.3. The van der Waals surface area contributed by atoms with E-state index in [0.29, 0.717) is 0 Å². The molecule has 1 aromatic rings. The quantitative estimate of drug-likeness (QED) is 0.916. The molecule has 2 rings (SSSR count). The number of hydrogen-bond donors (Lipinski definition) is 1. The van der Waals surface area contributed by atoms with Crippen LogP contribution >= 0.6 is 34.7 Å². The lowest BCUT2D eigenvalue weighted by Crippen LogP contribution is -2.34. The van der Waals surface area contributed by atoms with Crippen molar-refractivity contribution >= 4 is 44.7 Å². The minimum atomic E-state index is -3.41. The maximum absolute atomic E-state index is 11.8. The predicted octanol–water partition coefficient (Wildman–Crippen LogP) is 1.58. The molecule has 0 spiro atoms. The fourth-order valence-electron chi connectivity index (χ4n) is 1.27. The van der Waals surface area contributed by atoms with Gasteiger partial charge in [0.1, 0.15) is 0 Å². The Labute approximate surface area is 101 Å². The number of aromatic nitrogens is 1. The van der Waals surface area contributed by atoms with Gasteiger partial charge in [-0.15, -0.1) is 0 Å². The molecule has 1 unspecified atom stereocenters. The zero-order valence-electron chi connectivity index (χ0n) is 7.64. The molecule has 15 heavy (non-hydrogen) atoms. The summed E-state index contributed by atoms with van der Waals surface area (Å²) in [5.74, 6) is 1.85. The molecule has 0 bridgehead atoms. The first-order valence-corrected chi connectivity index (χ1v) is 8.12. The standard InChI is InChI=1S/C7H9ClN2O2S3/c8-7-9-3-6(14-7)15(11,12)10-5-1-2-13-4-5/h3,5,10H,1-2,4H2. The van der Waals surface area contributed by atoms with Gasteiger partial charge in [-0.25, -0.2) is 18.1 Å². The van der Waals surface area contributed by atoms with Crippen molar-refractivity contribution < 1.29 is 8.42 Å². The van der Waals surface area contributed by atoms with E-state index in [1.807, 2.05) is 0 Å². The first-order valence-electron chi connectivity index (χ1n) is 4.29. The molecule has 1 aromatic heterocycles. The average Bonchev–Trinajstić information content (AvgIpc) is 2.75. The van der Waals surface area contributed by atoms with E-state index >= 15 is 0 Å². The summed E-state index contributed by atoms with van der Waals surface area (Å²) in [6.45, 7) is 0. The average molecular weight is 285 g/mol. The molecule has 0 saturated carbocycles.